The molecule has 0 bridgehead atoms. The monoisotopic (exact) mass is 253 g/mol. The number of nitrogens with one attached hydrogen (secondary N) is 1. The molecule has 1 rings (SSSR count). The Morgan fingerprint density at radius 1 is 1.35 bits per heavy atom. The van der Waals surface area contributed by atoms with Crippen LogP contribution in [0.15, 0.2) is 0 Å². The van der Waals surface area contributed by atoms with E-state index in [1.54, 1.807) is 6.92 Å². The van der Waals surface area contributed by atoms with Crippen LogP contribution in [0.1, 0.15) is 26.2 Å². The molecule has 0 aromatic rings. The van der Waals surface area contributed by atoms with Crippen LogP contribution in [0.25, 0.3) is 0 Å². The van der Waals surface area contributed by atoms with Gasteiger partial charge in [-0.3, -0.25) is 0 Å². The lowest BCUT2D eigenvalue weighted by atomic mass is 10.1. The number of piperidine rings is 1. The maximum atomic E-state index is 12.1. The van der Waals surface area contributed by atoms with Gasteiger partial charge in [-0.2, -0.15) is 13.2 Å². The van der Waals surface area contributed by atoms with Crippen LogP contribution in [0.4, 0.5) is 13.2 Å². The summed E-state index contributed by atoms with van der Waals surface area (Å²) in [6.07, 6.45) is -2.88. The summed E-state index contributed by atoms with van der Waals surface area (Å²) in [4.78, 5) is 2.25. The highest BCUT2D eigenvalue weighted by molar-refractivity contribution is 4.75. The van der Waals surface area contributed by atoms with Gasteiger partial charge in [0.25, 0.3) is 0 Å². The Kier molecular flexibility index (Phi) is 5.69. The van der Waals surface area contributed by atoms with Crippen molar-refractivity contribution in [3.63, 3.8) is 0 Å². The molecule has 3 nitrogen and oxygen atoms in total. The highest BCUT2D eigenvalue weighted by Crippen LogP contribution is 2.21. The molecule has 6 heteroatoms. The highest BCUT2D eigenvalue weighted by atomic mass is 19.4. The van der Waals surface area contributed by atoms with E-state index in [0.717, 1.165) is 32.5 Å². The van der Waals surface area contributed by atoms with Gasteiger partial charge in [0.2, 0.25) is 0 Å². The predicted molar refractivity (Wildman–Crippen MR) is 61.8 cm³/mol. The number of hydrogen-bond donors (Lipinski definition) is 2. The van der Waals surface area contributed by atoms with E-state index in [0.29, 0.717) is 12.6 Å². The van der Waals surface area contributed by atoms with Gasteiger partial charge in [0.15, 0.2) is 0 Å². The first kappa shape index (κ1) is 14.7. The van der Waals surface area contributed by atoms with Gasteiger partial charge in [0, 0.05) is 25.2 Å². The number of nitrogens with zero attached hydrogens (tertiary/aromatic N) is 1. The fourth-order valence-corrected chi connectivity index (χ4v) is 2.06. The van der Waals surface area contributed by atoms with Crippen molar-refractivity contribution in [3.8, 4) is 0 Å². The molecule has 0 amide bonds. The van der Waals surface area contributed by atoms with Gasteiger partial charge >= 0.3 is 6.18 Å². The van der Waals surface area contributed by atoms with E-state index in [9.17, 15) is 13.2 Å². The molecule has 0 radical (unpaired) electrons. The number of hydrogen-bond acceptors (Lipinski definition) is 3. The maximum Gasteiger partial charge on any atom is 0.390 e. The summed E-state index contributed by atoms with van der Waals surface area (Å²) < 4.78 is 36.2. The van der Waals surface area contributed by atoms with Gasteiger partial charge in [0.1, 0.15) is 0 Å². The van der Waals surface area contributed by atoms with Gasteiger partial charge in [-0.1, -0.05) is 0 Å². The van der Waals surface area contributed by atoms with Crippen LogP contribution < -0.4 is 11.1 Å². The summed E-state index contributed by atoms with van der Waals surface area (Å²) >= 11 is 0. The molecule has 0 spiro atoms. The van der Waals surface area contributed by atoms with Gasteiger partial charge in [-0.05, 0) is 32.9 Å². The van der Waals surface area contributed by atoms with Crippen molar-refractivity contribution in [1.29, 1.82) is 0 Å². The van der Waals surface area contributed by atoms with Crippen LogP contribution in [0.5, 0.6) is 0 Å². The number of nitrogens with two attached hydrogens (primary N) is 1. The SMILES string of the molecule is CC(CC(F)(F)F)NCCN1CCC(N)CC1. The first-order valence-corrected chi connectivity index (χ1v) is 6.15. The number of halogens is 3. The largest absolute Gasteiger partial charge is 0.390 e. The molecule has 1 fully saturated rings. The fourth-order valence-electron chi connectivity index (χ4n) is 2.06. The third-order valence-corrected chi connectivity index (χ3v) is 3.09. The lowest BCUT2D eigenvalue weighted by Gasteiger charge is -2.30. The van der Waals surface area contributed by atoms with Crippen molar-refractivity contribution in [2.45, 2.75) is 44.4 Å². The van der Waals surface area contributed by atoms with Crippen LogP contribution in [0, 0.1) is 0 Å². The highest BCUT2D eigenvalue weighted by Gasteiger charge is 2.29. The lowest BCUT2D eigenvalue weighted by Crippen LogP contribution is -2.43. The van der Waals surface area contributed by atoms with E-state index >= 15 is 0 Å². The Morgan fingerprint density at radius 3 is 2.47 bits per heavy atom. The van der Waals surface area contributed by atoms with Crippen molar-refractivity contribution in [3.05, 3.63) is 0 Å². The van der Waals surface area contributed by atoms with Crippen molar-refractivity contribution < 1.29 is 13.2 Å². The van der Waals surface area contributed by atoms with Crippen molar-refractivity contribution in [2.24, 2.45) is 5.73 Å². The van der Waals surface area contributed by atoms with Gasteiger partial charge in [0.05, 0.1) is 6.42 Å². The fraction of sp³-hybridized carbons (Fsp3) is 1.00. The minimum absolute atomic E-state index is 0.295. The summed E-state index contributed by atoms with van der Waals surface area (Å²) in [6.45, 7) is 4.88. The summed E-state index contributed by atoms with van der Waals surface area (Å²) in [5.74, 6) is 0. The molecular weight excluding hydrogens is 231 g/mol. The van der Waals surface area contributed by atoms with Crippen LogP contribution in [0.2, 0.25) is 0 Å². The van der Waals surface area contributed by atoms with Crippen LogP contribution >= 0.6 is 0 Å². The maximum absolute atomic E-state index is 12.1. The topological polar surface area (TPSA) is 41.3 Å². The quantitative estimate of drug-likeness (QED) is 0.777. The number of likely N-dealkylation sites (tertiary alicyclic amines) is 1. The summed E-state index contributed by atoms with van der Waals surface area (Å²) in [5, 5.41) is 2.90. The standard InChI is InChI=1S/C11H22F3N3/c1-9(8-11(12,13)14)16-4-7-17-5-2-10(15)3-6-17/h9-10,16H,2-8,15H2,1H3. The average Bonchev–Trinajstić information content (AvgIpc) is 2.18. The van der Waals surface area contributed by atoms with Crippen molar-refractivity contribution >= 4 is 0 Å². The van der Waals surface area contributed by atoms with E-state index in [1.807, 2.05) is 0 Å². The summed E-state index contributed by atoms with van der Waals surface area (Å²) in [6, 6.07) is -0.217. The summed E-state index contributed by atoms with van der Waals surface area (Å²) in [7, 11) is 0. The zero-order chi connectivity index (χ0) is 12.9. The zero-order valence-electron chi connectivity index (χ0n) is 10.3. The normalized spacial score (nSPS) is 21.7. The lowest BCUT2D eigenvalue weighted by molar-refractivity contribution is -0.139. The van der Waals surface area contributed by atoms with Gasteiger partial charge in [-0.15, -0.1) is 0 Å². The van der Waals surface area contributed by atoms with Crippen LogP contribution in [0.3, 0.4) is 0 Å². The Labute approximate surface area is 101 Å². The molecule has 17 heavy (non-hydrogen) atoms. The van der Waals surface area contributed by atoms with E-state index in [-0.39, 0.29) is 0 Å². The zero-order valence-corrected chi connectivity index (χ0v) is 10.3. The first-order valence-electron chi connectivity index (χ1n) is 6.15. The van der Waals surface area contributed by atoms with Gasteiger partial charge < -0.3 is 16.0 Å². The molecule has 102 valence electrons. The van der Waals surface area contributed by atoms with E-state index in [2.05, 4.69) is 10.2 Å². The molecular formula is C11H22F3N3. The number of alkyl halides is 3. The molecule has 1 atom stereocenters. The minimum atomic E-state index is -4.08. The van der Waals surface area contributed by atoms with Crippen molar-refractivity contribution in [1.82, 2.24) is 10.2 Å². The second kappa shape index (κ2) is 6.56. The Balaban J connectivity index is 2.07. The Morgan fingerprint density at radius 2 is 1.94 bits per heavy atom. The van der Waals surface area contributed by atoms with E-state index in [4.69, 9.17) is 5.73 Å². The van der Waals surface area contributed by atoms with E-state index in [1.165, 1.54) is 0 Å². The third-order valence-electron chi connectivity index (χ3n) is 3.09. The minimum Gasteiger partial charge on any atom is -0.328 e. The molecule has 1 saturated heterocycles. The van der Waals surface area contributed by atoms with Crippen LogP contribution in [-0.4, -0.2) is 49.3 Å². The Bertz CT molecular complexity index is 212. The van der Waals surface area contributed by atoms with Crippen LogP contribution in [-0.2, 0) is 0 Å². The molecule has 3 N–H and O–H groups in total. The second-order valence-electron chi connectivity index (χ2n) is 4.85. The Hall–Kier alpha value is -0.330. The predicted octanol–water partition coefficient (Wildman–Crippen LogP) is 1.34. The molecule has 0 aromatic heterocycles. The molecule has 1 aliphatic heterocycles. The molecule has 1 aliphatic rings. The first-order chi connectivity index (χ1) is 7.87. The smallest absolute Gasteiger partial charge is 0.328 e. The van der Waals surface area contributed by atoms with Crippen molar-refractivity contribution in [2.75, 3.05) is 26.2 Å². The molecule has 0 saturated carbocycles. The second-order valence-corrected chi connectivity index (χ2v) is 4.85. The average molecular weight is 253 g/mol. The summed E-state index contributed by atoms with van der Waals surface area (Å²) in [5.41, 5.74) is 5.78. The molecule has 0 aliphatic carbocycles. The third kappa shape index (κ3) is 6.85. The van der Waals surface area contributed by atoms with E-state index < -0.39 is 18.6 Å². The molecule has 1 unspecified atom stereocenters. The number of rotatable bonds is 5. The van der Waals surface area contributed by atoms with Gasteiger partial charge in [-0.25, -0.2) is 0 Å². The molecule has 0 aromatic carbocycles. The molecule has 1 heterocycles.